The third kappa shape index (κ3) is 4.54. The summed E-state index contributed by atoms with van der Waals surface area (Å²) >= 11 is 1.76. The molecule has 5 heteroatoms. The van der Waals surface area contributed by atoms with E-state index >= 15 is 0 Å². The Kier molecular flexibility index (Phi) is 6.41. The predicted molar refractivity (Wildman–Crippen MR) is 76.1 cm³/mol. The van der Waals surface area contributed by atoms with E-state index in [1.165, 1.54) is 24.4 Å². The normalized spacial score (nSPS) is 21.9. The molecule has 2 N–H and O–H groups in total. The lowest BCUT2D eigenvalue weighted by Crippen LogP contribution is -2.36. The summed E-state index contributed by atoms with van der Waals surface area (Å²) in [6.07, 6.45) is 2.67. The van der Waals surface area contributed by atoms with Gasteiger partial charge >= 0.3 is 0 Å². The summed E-state index contributed by atoms with van der Waals surface area (Å²) < 4.78 is 0. The Labute approximate surface area is 114 Å². The molecule has 0 radical (unpaired) electrons. The van der Waals surface area contributed by atoms with Crippen LogP contribution < -0.4 is 10.6 Å². The SMILES string of the molecule is Cc1csc(C(C)NCC2CCCNC2)n1.Cl. The molecule has 1 aromatic heterocycles. The highest BCUT2D eigenvalue weighted by molar-refractivity contribution is 7.09. The van der Waals surface area contributed by atoms with Crippen LogP contribution >= 0.6 is 23.7 Å². The molecule has 2 rings (SSSR count). The Morgan fingerprint density at radius 3 is 3.06 bits per heavy atom. The smallest absolute Gasteiger partial charge is 0.110 e. The van der Waals surface area contributed by atoms with Crippen molar-refractivity contribution in [3.63, 3.8) is 0 Å². The first-order chi connectivity index (χ1) is 7.75. The molecule has 1 aliphatic rings. The van der Waals surface area contributed by atoms with Crippen molar-refractivity contribution < 1.29 is 0 Å². The molecule has 1 fully saturated rings. The standard InChI is InChI=1S/C12H21N3S.ClH/c1-9-8-16-12(15-9)10(2)14-7-11-4-3-5-13-6-11;/h8,10-11,13-14H,3-7H2,1-2H3;1H. The monoisotopic (exact) mass is 275 g/mol. The number of halogens is 1. The van der Waals surface area contributed by atoms with Gasteiger partial charge in [-0.2, -0.15) is 0 Å². The van der Waals surface area contributed by atoms with E-state index in [0.29, 0.717) is 6.04 Å². The fraction of sp³-hybridized carbons (Fsp3) is 0.750. The van der Waals surface area contributed by atoms with Gasteiger partial charge in [-0.25, -0.2) is 4.98 Å². The molecule has 17 heavy (non-hydrogen) atoms. The molecule has 0 aliphatic carbocycles. The predicted octanol–water partition coefficient (Wildman–Crippen LogP) is 2.52. The average molecular weight is 276 g/mol. The molecule has 3 nitrogen and oxygen atoms in total. The Hall–Kier alpha value is -0.160. The molecule has 98 valence electrons. The zero-order valence-corrected chi connectivity index (χ0v) is 12.2. The van der Waals surface area contributed by atoms with Gasteiger partial charge in [0.1, 0.15) is 5.01 Å². The van der Waals surface area contributed by atoms with Gasteiger partial charge in [-0.15, -0.1) is 23.7 Å². The van der Waals surface area contributed by atoms with E-state index in [9.17, 15) is 0 Å². The number of hydrogen-bond donors (Lipinski definition) is 2. The third-order valence-corrected chi connectivity index (χ3v) is 4.26. The summed E-state index contributed by atoms with van der Waals surface area (Å²) in [5.41, 5.74) is 1.13. The number of thiazole rings is 1. The van der Waals surface area contributed by atoms with Gasteiger partial charge < -0.3 is 10.6 Å². The van der Waals surface area contributed by atoms with Gasteiger partial charge in [-0.1, -0.05) is 0 Å². The van der Waals surface area contributed by atoms with Gasteiger partial charge in [0, 0.05) is 11.1 Å². The largest absolute Gasteiger partial charge is 0.316 e. The molecule has 0 amide bonds. The molecule has 2 atom stereocenters. The quantitative estimate of drug-likeness (QED) is 0.887. The van der Waals surface area contributed by atoms with Crippen LogP contribution in [0.15, 0.2) is 5.38 Å². The number of nitrogens with zero attached hydrogens (tertiary/aromatic N) is 1. The molecule has 1 aliphatic heterocycles. The van der Waals surface area contributed by atoms with Crippen LogP contribution in [0.5, 0.6) is 0 Å². The Balaban J connectivity index is 0.00000144. The lowest BCUT2D eigenvalue weighted by atomic mass is 9.99. The third-order valence-electron chi connectivity index (χ3n) is 3.12. The molecule has 0 bridgehead atoms. The summed E-state index contributed by atoms with van der Waals surface area (Å²) in [4.78, 5) is 4.51. The zero-order valence-electron chi connectivity index (χ0n) is 10.5. The second kappa shape index (κ2) is 7.31. The Bertz CT molecular complexity index is 323. The molecular weight excluding hydrogens is 254 g/mol. The molecule has 2 unspecified atom stereocenters. The van der Waals surface area contributed by atoms with Crippen LogP contribution in [0.2, 0.25) is 0 Å². The van der Waals surface area contributed by atoms with Crippen LogP contribution in [0.25, 0.3) is 0 Å². The van der Waals surface area contributed by atoms with Crippen molar-refractivity contribution in [2.45, 2.75) is 32.7 Å². The van der Waals surface area contributed by atoms with Crippen molar-refractivity contribution >= 4 is 23.7 Å². The van der Waals surface area contributed by atoms with E-state index < -0.39 is 0 Å². The molecule has 2 heterocycles. The van der Waals surface area contributed by atoms with E-state index in [1.54, 1.807) is 11.3 Å². The van der Waals surface area contributed by atoms with E-state index in [0.717, 1.165) is 24.7 Å². The topological polar surface area (TPSA) is 37.0 Å². The minimum absolute atomic E-state index is 0. The fourth-order valence-electron chi connectivity index (χ4n) is 2.10. The lowest BCUT2D eigenvalue weighted by molar-refractivity contribution is 0.348. The Morgan fingerprint density at radius 1 is 1.65 bits per heavy atom. The van der Waals surface area contributed by atoms with Crippen LogP contribution in [0.3, 0.4) is 0 Å². The van der Waals surface area contributed by atoms with Gasteiger partial charge in [-0.05, 0) is 52.2 Å². The summed E-state index contributed by atoms with van der Waals surface area (Å²) in [6.45, 7) is 7.72. The van der Waals surface area contributed by atoms with E-state index in [1.807, 2.05) is 0 Å². The molecule has 0 spiro atoms. The second-order valence-electron chi connectivity index (χ2n) is 4.67. The summed E-state index contributed by atoms with van der Waals surface area (Å²) in [5, 5.41) is 10.4. The number of rotatable bonds is 4. The summed E-state index contributed by atoms with van der Waals surface area (Å²) in [6, 6.07) is 0.389. The fourth-order valence-corrected chi connectivity index (χ4v) is 2.93. The molecule has 1 aromatic rings. The highest BCUT2D eigenvalue weighted by atomic mass is 35.5. The number of aryl methyl sites for hydroxylation is 1. The number of hydrogen-bond acceptors (Lipinski definition) is 4. The average Bonchev–Trinajstić information content (AvgIpc) is 2.74. The Morgan fingerprint density at radius 2 is 2.47 bits per heavy atom. The maximum atomic E-state index is 4.51. The molecule has 0 aromatic carbocycles. The van der Waals surface area contributed by atoms with Gasteiger partial charge in [0.25, 0.3) is 0 Å². The number of nitrogens with one attached hydrogen (secondary N) is 2. The minimum atomic E-state index is 0. The highest BCUT2D eigenvalue weighted by Crippen LogP contribution is 2.18. The van der Waals surface area contributed by atoms with Crippen LogP contribution in [-0.4, -0.2) is 24.6 Å². The van der Waals surface area contributed by atoms with Crippen molar-refractivity contribution in [1.82, 2.24) is 15.6 Å². The van der Waals surface area contributed by atoms with Crippen molar-refractivity contribution in [3.8, 4) is 0 Å². The van der Waals surface area contributed by atoms with Crippen molar-refractivity contribution in [2.75, 3.05) is 19.6 Å². The number of aromatic nitrogens is 1. The highest BCUT2D eigenvalue weighted by Gasteiger charge is 2.15. The van der Waals surface area contributed by atoms with Crippen LogP contribution in [0.1, 0.15) is 36.5 Å². The van der Waals surface area contributed by atoms with Crippen molar-refractivity contribution in [2.24, 2.45) is 5.92 Å². The zero-order chi connectivity index (χ0) is 11.4. The molecule has 0 saturated carbocycles. The minimum Gasteiger partial charge on any atom is -0.316 e. The van der Waals surface area contributed by atoms with Crippen molar-refractivity contribution in [1.29, 1.82) is 0 Å². The van der Waals surface area contributed by atoms with Crippen LogP contribution in [0, 0.1) is 12.8 Å². The van der Waals surface area contributed by atoms with Crippen LogP contribution in [-0.2, 0) is 0 Å². The van der Waals surface area contributed by atoms with Gasteiger partial charge in [0.05, 0.1) is 6.04 Å². The van der Waals surface area contributed by atoms with Gasteiger partial charge in [0.15, 0.2) is 0 Å². The van der Waals surface area contributed by atoms with Crippen LogP contribution in [0.4, 0.5) is 0 Å². The van der Waals surface area contributed by atoms with Gasteiger partial charge in [-0.3, -0.25) is 0 Å². The number of piperidine rings is 1. The summed E-state index contributed by atoms with van der Waals surface area (Å²) in [5.74, 6) is 0.789. The van der Waals surface area contributed by atoms with Gasteiger partial charge in [0.2, 0.25) is 0 Å². The maximum absolute atomic E-state index is 4.51. The first kappa shape index (κ1) is 14.9. The second-order valence-corrected chi connectivity index (χ2v) is 5.56. The first-order valence-electron chi connectivity index (χ1n) is 6.12. The first-order valence-corrected chi connectivity index (χ1v) is 7.00. The van der Waals surface area contributed by atoms with E-state index in [4.69, 9.17) is 0 Å². The lowest BCUT2D eigenvalue weighted by Gasteiger charge is -2.24. The molecular formula is C12H22ClN3S. The van der Waals surface area contributed by atoms with Crippen molar-refractivity contribution in [3.05, 3.63) is 16.1 Å². The molecule has 1 saturated heterocycles. The van der Waals surface area contributed by atoms with E-state index in [2.05, 4.69) is 34.8 Å². The maximum Gasteiger partial charge on any atom is 0.110 e. The summed E-state index contributed by atoms with van der Waals surface area (Å²) in [7, 11) is 0. The van der Waals surface area contributed by atoms with E-state index in [-0.39, 0.29) is 12.4 Å².